The van der Waals surface area contributed by atoms with E-state index in [1.807, 2.05) is 13.8 Å². The second kappa shape index (κ2) is 8.68. The summed E-state index contributed by atoms with van der Waals surface area (Å²) >= 11 is 0. The van der Waals surface area contributed by atoms with E-state index in [-0.39, 0.29) is 22.2 Å². The van der Waals surface area contributed by atoms with Crippen molar-refractivity contribution in [3.63, 3.8) is 0 Å². The fourth-order valence-corrected chi connectivity index (χ4v) is 5.63. The number of nitrogens with zero attached hydrogens (tertiary/aromatic N) is 3. The molecule has 1 aromatic rings. The van der Waals surface area contributed by atoms with E-state index < -0.39 is 20.0 Å². The molecule has 0 unspecified atom stereocenters. The topological polar surface area (TPSA) is 95.1 Å². The molecule has 1 saturated heterocycles. The predicted octanol–water partition coefficient (Wildman–Crippen LogP) is 0.960. The molecule has 27 heavy (non-hydrogen) atoms. The van der Waals surface area contributed by atoms with Crippen LogP contribution in [0.25, 0.3) is 0 Å². The van der Waals surface area contributed by atoms with E-state index in [0.717, 1.165) is 17.1 Å². The van der Waals surface area contributed by atoms with E-state index in [1.165, 1.54) is 35.6 Å². The normalized spacial score (nSPS) is 16.0. The van der Waals surface area contributed by atoms with E-state index in [0.29, 0.717) is 26.2 Å². The van der Waals surface area contributed by atoms with Gasteiger partial charge in [0.1, 0.15) is 0 Å². The van der Waals surface area contributed by atoms with Gasteiger partial charge in [0.2, 0.25) is 26.0 Å². The molecule has 1 fully saturated rings. The number of hydrogen-bond donors (Lipinski definition) is 0. The summed E-state index contributed by atoms with van der Waals surface area (Å²) in [6.45, 7) is 5.37. The molecule has 10 heteroatoms. The smallest absolute Gasteiger partial charge is 0.243 e. The zero-order valence-electron chi connectivity index (χ0n) is 16.0. The minimum atomic E-state index is -3.89. The number of benzene rings is 1. The molecule has 1 aromatic carbocycles. The molecule has 2 rings (SSSR count). The van der Waals surface area contributed by atoms with Gasteiger partial charge < -0.3 is 4.90 Å². The average Bonchev–Trinajstić information content (AvgIpc) is 3.18. The van der Waals surface area contributed by atoms with Gasteiger partial charge >= 0.3 is 0 Å². The fraction of sp³-hybridized carbons (Fsp3) is 0.588. The molecule has 1 aliphatic rings. The van der Waals surface area contributed by atoms with Gasteiger partial charge in [0.05, 0.1) is 16.3 Å². The highest BCUT2D eigenvalue weighted by atomic mass is 32.2. The molecular formula is C17H27N3O5S2. The summed E-state index contributed by atoms with van der Waals surface area (Å²) in [6, 6.07) is 5.16. The monoisotopic (exact) mass is 417 g/mol. The largest absolute Gasteiger partial charge is 0.342 e. The first kappa shape index (κ1) is 21.8. The third-order valence-corrected chi connectivity index (χ3v) is 8.44. The van der Waals surface area contributed by atoms with Crippen molar-refractivity contribution in [2.75, 3.05) is 39.8 Å². The zero-order valence-corrected chi connectivity index (χ0v) is 17.6. The second-order valence-electron chi connectivity index (χ2n) is 6.41. The highest BCUT2D eigenvalue weighted by Crippen LogP contribution is 2.23. The van der Waals surface area contributed by atoms with Crippen LogP contribution in [0, 0.1) is 0 Å². The Bertz CT molecular complexity index is 856. The number of amides is 1. The van der Waals surface area contributed by atoms with Gasteiger partial charge in [0, 0.05) is 33.2 Å². The number of carbonyl (C=O) groups excluding carboxylic acids is 1. The molecule has 0 bridgehead atoms. The summed E-state index contributed by atoms with van der Waals surface area (Å²) in [5.74, 6) is -0.278. The highest BCUT2D eigenvalue weighted by Gasteiger charge is 2.29. The predicted molar refractivity (Wildman–Crippen MR) is 102 cm³/mol. The van der Waals surface area contributed by atoms with Crippen molar-refractivity contribution in [3.8, 4) is 0 Å². The average molecular weight is 418 g/mol. The van der Waals surface area contributed by atoms with Crippen LogP contribution in [0.4, 0.5) is 0 Å². The number of carbonyl (C=O) groups is 1. The molecule has 1 aliphatic heterocycles. The lowest BCUT2D eigenvalue weighted by Crippen LogP contribution is -2.41. The van der Waals surface area contributed by atoms with Crippen LogP contribution in [-0.2, 0) is 24.8 Å². The van der Waals surface area contributed by atoms with E-state index in [4.69, 9.17) is 0 Å². The standard InChI is InChI=1S/C17H27N3O5S2/c1-4-19(5-2)17(21)14-18(3)26(22,23)15-8-10-16(11-9-15)27(24,25)20-12-6-7-13-20/h8-11H,4-7,12-14H2,1-3H3. The molecule has 0 N–H and O–H groups in total. The van der Waals surface area contributed by atoms with E-state index in [2.05, 4.69) is 0 Å². The first-order valence-corrected chi connectivity index (χ1v) is 11.9. The Morgan fingerprint density at radius 3 is 1.93 bits per heavy atom. The van der Waals surface area contributed by atoms with Crippen molar-refractivity contribution in [2.24, 2.45) is 0 Å². The molecule has 1 heterocycles. The lowest BCUT2D eigenvalue weighted by molar-refractivity contribution is -0.130. The van der Waals surface area contributed by atoms with Crippen LogP contribution in [0.1, 0.15) is 26.7 Å². The van der Waals surface area contributed by atoms with Gasteiger partial charge in [-0.3, -0.25) is 4.79 Å². The van der Waals surface area contributed by atoms with E-state index >= 15 is 0 Å². The summed E-state index contributed by atoms with van der Waals surface area (Å²) < 4.78 is 52.8. The maximum Gasteiger partial charge on any atom is 0.243 e. The first-order chi connectivity index (χ1) is 12.6. The Morgan fingerprint density at radius 1 is 0.963 bits per heavy atom. The van der Waals surface area contributed by atoms with Gasteiger partial charge in [0.15, 0.2) is 0 Å². The van der Waals surface area contributed by atoms with Crippen molar-refractivity contribution >= 4 is 26.0 Å². The minimum Gasteiger partial charge on any atom is -0.342 e. The van der Waals surface area contributed by atoms with Gasteiger partial charge in [0.25, 0.3) is 0 Å². The molecule has 0 aromatic heterocycles. The van der Waals surface area contributed by atoms with Crippen molar-refractivity contribution in [1.29, 1.82) is 0 Å². The molecule has 0 saturated carbocycles. The summed E-state index contributed by atoms with van der Waals surface area (Å²) in [7, 11) is -6.14. The van der Waals surface area contributed by atoms with E-state index in [9.17, 15) is 21.6 Å². The number of rotatable bonds is 8. The highest BCUT2D eigenvalue weighted by molar-refractivity contribution is 7.89. The van der Waals surface area contributed by atoms with Crippen LogP contribution in [0.15, 0.2) is 34.1 Å². The molecule has 0 radical (unpaired) electrons. The third kappa shape index (κ3) is 4.68. The molecule has 0 aliphatic carbocycles. The Balaban J connectivity index is 2.18. The summed E-state index contributed by atoms with van der Waals surface area (Å²) in [6.07, 6.45) is 1.66. The van der Waals surface area contributed by atoms with Crippen molar-refractivity contribution in [2.45, 2.75) is 36.5 Å². The van der Waals surface area contributed by atoms with Gasteiger partial charge in [-0.05, 0) is 51.0 Å². The van der Waals surface area contributed by atoms with Gasteiger partial charge in [-0.25, -0.2) is 16.8 Å². The van der Waals surface area contributed by atoms with E-state index in [1.54, 1.807) is 4.90 Å². The maximum absolute atomic E-state index is 12.7. The van der Waals surface area contributed by atoms with Crippen molar-refractivity contribution < 1.29 is 21.6 Å². The number of hydrogen-bond acceptors (Lipinski definition) is 5. The van der Waals surface area contributed by atoms with Crippen LogP contribution in [0.2, 0.25) is 0 Å². The third-order valence-electron chi connectivity index (χ3n) is 4.71. The van der Waals surface area contributed by atoms with Gasteiger partial charge in [-0.1, -0.05) is 0 Å². The SMILES string of the molecule is CCN(CC)C(=O)CN(C)S(=O)(=O)c1ccc(S(=O)(=O)N2CCCC2)cc1. The Kier molecular flexibility index (Phi) is 7.01. The number of likely N-dealkylation sites (N-methyl/N-ethyl adjacent to an activating group) is 2. The lowest BCUT2D eigenvalue weighted by atomic mass is 10.4. The zero-order chi connectivity index (χ0) is 20.2. The second-order valence-corrected chi connectivity index (χ2v) is 10.4. The van der Waals surface area contributed by atoms with Crippen LogP contribution < -0.4 is 0 Å². The quantitative estimate of drug-likeness (QED) is 0.628. The summed E-state index contributed by atoms with van der Waals surface area (Å²) in [5, 5.41) is 0. The molecule has 1 amide bonds. The van der Waals surface area contributed by atoms with Crippen LogP contribution in [0.5, 0.6) is 0 Å². The maximum atomic E-state index is 12.7. The Morgan fingerprint density at radius 2 is 1.44 bits per heavy atom. The Hall–Kier alpha value is -1.49. The van der Waals surface area contributed by atoms with Crippen molar-refractivity contribution in [3.05, 3.63) is 24.3 Å². The molecule has 8 nitrogen and oxygen atoms in total. The Labute approximate surface area is 161 Å². The first-order valence-electron chi connectivity index (χ1n) is 8.99. The van der Waals surface area contributed by atoms with Crippen LogP contribution >= 0.6 is 0 Å². The molecule has 0 spiro atoms. The van der Waals surface area contributed by atoms with Crippen LogP contribution in [-0.4, -0.2) is 76.0 Å². The number of sulfonamides is 2. The summed E-state index contributed by atoms with van der Waals surface area (Å²) in [4.78, 5) is 13.7. The molecule has 152 valence electrons. The van der Waals surface area contributed by atoms with Gasteiger partial charge in [-0.2, -0.15) is 8.61 Å². The molecule has 0 atom stereocenters. The minimum absolute atomic E-state index is 0.0438. The van der Waals surface area contributed by atoms with Crippen LogP contribution in [0.3, 0.4) is 0 Å². The van der Waals surface area contributed by atoms with Crippen molar-refractivity contribution in [1.82, 2.24) is 13.5 Å². The van der Waals surface area contributed by atoms with Gasteiger partial charge in [-0.15, -0.1) is 0 Å². The fourth-order valence-electron chi connectivity index (χ4n) is 2.99. The summed E-state index contributed by atoms with van der Waals surface area (Å²) in [5.41, 5.74) is 0. The molecular weight excluding hydrogens is 390 g/mol. The lowest BCUT2D eigenvalue weighted by Gasteiger charge is -2.23.